The summed E-state index contributed by atoms with van der Waals surface area (Å²) in [6, 6.07) is 10.6. The number of nitrogens with one attached hydrogen (secondary N) is 1. The van der Waals surface area contributed by atoms with Gasteiger partial charge >= 0.3 is 0 Å². The summed E-state index contributed by atoms with van der Waals surface area (Å²) in [6.45, 7) is 4.45. The van der Waals surface area contributed by atoms with Gasteiger partial charge in [-0.3, -0.25) is 0 Å². The van der Waals surface area contributed by atoms with Crippen LogP contribution >= 0.6 is 0 Å². The molecule has 0 amide bonds. The molecular weight excluding hydrogens is 402 g/mol. The van der Waals surface area contributed by atoms with E-state index in [1.165, 1.54) is 10.5 Å². The van der Waals surface area contributed by atoms with Crippen LogP contribution in [-0.2, 0) is 17.1 Å². The fraction of sp³-hybridized carbons (Fsp3) is 0.333. The highest BCUT2D eigenvalue weighted by atomic mass is 32.2. The molecular formula is C21H27N5O3S. The molecule has 0 saturated heterocycles. The van der Waals surface area contributed by atoms with E-state index in [1.54, 1.807) is 25.4 Å². The summed E-state index contributed by atoms with van der Waals surface area (Å²) in [4.78, 5) is 9.01. The molecule has 30 heavy (non-hydrogen) atoms. The van der Waals surface area contributed by atoms with Crippen molar-refractivity contribution in [1.29, 1.82) is 0 Å². The van der Waals surface area contributed by atoms with E-state index in [1.807, 2.05) is 55.9 Å². The Hall–Kier alpha value is -2.91. The molecule has 0 saturated carbocycles. The number of sulfonamides is 1. The Morgan fingerprint density at radius 1 is 1.13 bits per heavy atom. The number of hydrogen-bond donors (Lipinski definition) is 1. The zero-order valence-corrected chi connectivity index (χ0v) is 18.4. The third kappa shape index (κ3) is 4.31. The van der Waals surface area contributed by atoms with Crippen molar-refractivity contribution in [3.8, 4) is 5.75 Å². The summed E-state index contributed by atoms with van der Waals surface area (Å²) in [7, 11) is -0.0119. The van der Waals surface area contributed by atoms with E-state index in [9.17, 15) is 8.42 Å². The van der Waals surface area contributed by atoms with E-state index in [2.05, 4.69) is 15.3 Å². The molecule has 0 spiro atoms. The van der Waals surface area contributed by atoms with Gasteiger partial charge in [-0.1, -0.05) is 32.0 Å². The minimum absolute atomic E-state index is 0.169. The van der Waals surface area contributed by atoms with E-state index in [0.717, 1.165) is 17.1 Å². The second-order valence-corrected chi connectivity index (χ2v) is 8.62. The standard InChI is InChI=1S/C21H27N5O3S/c1-5-26(6-2)30(27,28)16-11-12-19(23-15-16)24-20(21-22-13-14-25(21)3)17-9-7-8-10-18(17)29-4/h7-15,20H,5-6H2,1-4H3,(H,23,24). The zero-order chi connectivity index (χ0) is 21.7. The lowest BCUT2D eigenvalue weighted by Gasteiger charge is -2.22. The Morgan fingerprint density at radius 3 is 2.43 bits per heavy atom. The summed E-state index contributed by atoms with van der Waals surface area (Å²) >= 11 is 0. The van der Waals surface area contributed by atoms with Crippen molar-refractivity contribution in [2.24, 2.45) is 7.05 Å². The summed E-state index contributed by atoms with van der Waals surface area (Å²) in [5.74, 6) is 2.03. The number of methoxy groups -OCH3 is 1. The van der Waals surface area contributed by atoms with Crippen LogP contribution in [0.5, 0.6) is 5.75 Å². The Balaban J connectivity index is 1.95. The van der Waals surface area contributed by atoms with Gasteiger partial charge in [-0.15, -0.1) is 0 Å². The first-order chi connectivity index (χ1) is 14.4. The number of rotatable bonds is 9. The van der Waals surface area contributed by atoms with Crippen molar-refractivity contribution >= 4 is 15.8 Å². The van der Waals surface area contributed by atoms with Gasteiger partial charge in [-0.05, 0) is 18.2 Å². The molecule has 0 fully saturated rings. The molecule has 0 aliphatic rings. The molecule has 3 rings (SSSR count). The normalized spacial score (nSPS) is 12.7. The van der Waals surface area contributed by atoms with Gasteiger partial charge in [0.25, 0.3) is 0 Å². The number of aromatic nitrogens is 3. The van der Waals surface area contributed by atoms with E-state index in [0.29, 0.717) is 18.9 Å². The van der Waals surface area contributed by atoms with Crippen LogP contribution in [0.15, 0.2) is 59.9 Å². The van der Waals surface area contributed by atoms with Crippen LogP contribution in [0.1, 0.15) is 31.3 Å². The molecule has 1 atom stereocenters. The maximum atomic E-state index is 12.7. The van der Waals surface area contributed by atoms with Gasteiger partial charge in [0.05, 0.1) is 7.11 Å². The number of anilines is 1. The van der Waals surface area contributed by atoms with Gasteiger partial charge in [-0.2, -0.15) is 4.31 Å². The molecule has 0 radical (unpaired) electrons. The van der Waals surface area contributed by atoms with Crippen LogP contribution in [0.4, 0.5) is 5.82 Å². The highest BCUT2D eigenvalue weighted by Crippen LogP contribution is 2.31. The van der Waals surface area contributed by atoms with Gasteiger partial charge in [0, 0.05) is 44.3 Å². The number of benzene rings is 1. The number of nitrogens with zero attached hydrogens (tertiary/aromatic N) is 4. The summed E-state index contributed by atoms with van der Waals surface area (Å²) < 4.78 is 34.3. The monoisotopic (exact) mass is 429 g/mol. The second kappa shape index (κ2) is 9.27. The molecule has 160 valence electrons. The largest absolute Gasteiger partial charge is 0.496 e. The molecule has 0 aliphatic heterocycles. The third-order valence-electron chi connectivity index (χ3n) is 4.94. The molecule has 1 unspecified atom stereocenters. The van der Waals surface area contributed by atoms with Gasteiger partial charge in [-0.25, -0.2) is 18.4 Å². The first kappa shape index (κ1) is 21.8. The summed E-state index contributed by atoms with van der Waals surface area (Å²) in [6.07, 6.45) is 4.98. The number of ether oxygens (including phenoxy) is 1. The average molecular weight is 430 g/mol. The average Bonchev–Trinajstić information content (AvgIpc) is 3.18. The lowest BCUT2D eigenvalue weighted by molar-refractivity contribution is 0.408. The number of aryl methyl sites for hydroxylation is 1. The molecule has 0 bridgehead atoms. The Labute approximate surface area is 177 Å². The van der Waals surface area contributed by atoms with Crippen LogP contribution in [0, 0.1) is 0 Å². The Bertz CT molecular complexity index is 1080. The summed E-state index contributed by atoms with van der Waals surface area (Å²) in [5.41, 5.74) is 0.899. The minimum atomic E-state index is -3.55. The van der Waals surface area contributed by atoms with Crippen molar-refractivity contribution in [3.63, 3.8) is 0 Å². The van der Waals surface area contributed by atoms with E-state index in [-0.39, 0.29) is 10.9 Å². The molecule has 1 aromatic carbocycles. The number of para-hydroxylation sites is 1. The smallest absolute Gasteiger partial charge is 0.244 e. The van der Waals surface area contributed by atoms with E-state index >= 15 is 0 Å². The predicted octanol–water partition coefficient (Wildman–Crippen LogP) is 3.06. The first-order valence-corrected chi connectivity index (χ1v) is 11.2. The quantitative estimate of drug-likeness (QED) is 0.562. The van der Waals surface area contributed by atoms with Crippen LogP contribution < -0.4 is 10.1 Å². The van der Waals surface area contributed by atoms with Crippen molar-refractivity contribution < 1.29 is 13.2 Å². The molecule has 2 heterocycles. The summed E-state index contributed by atoms with van der Waals surface area (Å²) in [5, 5.41) is 3.37. The SMILES string of the molecule is CCN(CC)S(=O)(=O)c1ccc(NC(c2ccccc2OC)c2nccn2C)nc1. The van der Waals surface area contributed by atoms with E-state index < -0.39 is 10.0 Å². The molecule has 1 N–H and O–H groups in total. The van der Waals surface area contributed by atoms with Crippen LogP contribution in [0.2, 0.25) is 0 Å². The predicted molar refractivity (Wildman–Crippen MR) is 116 cm³/mol. The van der Waals surface area contributed by atoms with Crippen molar-refractivity contribution in [3.05, 3.63) is 66.4 Å². The van der Waals surface area contributed by atoms with Gasteiger partial charge in [0.1, 0.15) is 28.3 Å². The minimum Gasteiger partial charge on any atom is -0.496 e. The Morgan fingerprint density at radius 2 is 1.87 bits per heavy atom. The maximum absolute atomic E-state index is 12.7. The molecule has 0 aliphatic carbocycles. The zero-order valence-electron chi connectivity index (χ0n) is 17.6. The fourth-order valence-electron chi connectivity index (χ4n) is 3.32. The molecule has 8 nitrogen and oxygen atoms in total. The lowest BCUT2D eigenvalue weighted by Crippen LogP contribution is -2.30. The highest BCUT2D eigenvalue weighted by Gasteiger charge is 2.24. The number of imidazole rings is 1. The van der Waals surface area contributed by atoms with E-state index in [4.69, 9.17) is 4.74 Å². The number of hydrogen-bond acceptors (Lipinski definition) is 6. The Kier molecular flexibility index (Phi) is 6.73. The van der Waals surface area contributed by atoms with Gasteiger partial charge < -0.3 is 14.6 Å². The van der Waals surface area contributed by atoms with Crippen molar-refractivity contribution in [2.45, 2.75) is 24.8 Å². The molecule has 3 aromatic rings. The van der Waals surface area contributed by atoms with Gasteiger partial charge in [0.2, 0.25) is 10.0 Å². The van der Waals surface area contributed by atoms with Crippen LogP contribution in [0.25, 0.3) is 0 Å². The first-order valence-electron chi connectivity index (χ1n) is 9.75. The van der Waals surface area contributed by atoms with Crippen molar-refractivity contribution in [2.75, 3.05) is 25.5 Å². The maximum Gasteiger partial charge on any atom is 0.244 e. The fourth-order valence-corrected chi connectivity index (χ4v) is 4.72. The van der Waals surface area contributed by atoms with Crippen molar-refractivity contribution in [1.82, 2.24) is 18.8 Å². The number of pyridine rings is 1. The van der Waals surface area contributed by atoms with Crippen LogP contribution in [0.3, 0.4) is 0 Å². The third-order valence-corrected chi connectivity index (χ3v) is 6.97. The van der Waals surface area contributed by atoms with Crippen LogP contribution in [-0.4, -0.2) is 47.5 Å². The molecule has 9 heteroatoms. The topological polar surface area (TPSA) is 89.4 Å². The highest BCUT2D eigenvalue weighted by molar-refractivity contribution is 7.89. The second-order valence-electron chi connectivity index (χ2n) is 6.68. The molecule has 2 aromatic heterocycles. The lowest BCUT2D eigenvalue weighted by atomic mass is 10.0. The van der Waals surface area contributed by atoms with Gasteiger partial charge in [0.15, 0.2) is 0 Å².